The number of piperazine rings is 1. The SMILES string of the molecule is CCN1CCN(c2nc(C)nc3c2nc(-c2ccccc2Cl)n3CC2CCCOC2)CC1. The fraction of sp³-hybridized carbons (Fsp3) is 0.542. The van der Waals surface area contributed by atoms with Crippen molar-refractivity contribution in [3.63, 3.8) is 0 Å². The maximum absolute atomic E-state index is 6.62. The van der Waals surface area contributed by atoms with Crippen molar-refractivity contribution in [1.29, 1.82) is 0 Å². The van der Waals surface area contributed by atoms with Crippen molar-refractivity contribution in [2.45, 2.75) is 33.2 Å². The van der Waals surface area contributed by atoms with Gasteiger partial charge >= 0.3 is 0 Å². The summed E-state index contributed by atoms with van der Waals surface area (Å²) in [5.41, 5.74) is 2.70. The highest BCUT2D eigenvalue weighted by molar-refractivity contribution is 6.33. The number of hydrogen-bond donors (Lipinski definition) is 0. The third-order valence-corrected chi connectivity index (χ3v) is 6.95. The van der Waals surface area contributed by atoms with Gasteiger partial charge in [0.05, 0.1) is 11.6 Å². The zero-order valence-corrected chi connectivity index (χ0v) is 19.7. The first-order valence-corrected chi connectivity index (χ1v) is 12.1. The Morgan fingerprint density at radius 1 is 1.09 bits per heavy atom. The molecular weight excluding hydrogens is 424 g/mol. The van der Waals surface area contributed by atoms with Gasteiger partial charge in [-0.05, 0) is 38.4 Å². The van der Waals surface area contributed by atoms with Gasteiger partial charge in [0.2, 0.25) is 0 Å². The van der Waals surface area contributed by atoms with Crippen LogP contribution in [0.3, 0.4) is 0 Å². The van der Waals surface area contributed by atoms with Gasteiger partial charge in [0.15, 0.2) is 17.0 Å². The molecule has 5 rings (SSSR count). The van der Waals surface area contributed by atoms with E-state index in [0.717, 1.165) is 99.5 Å². The van der Waals surface area contributed by atoms with Gasteiger partial charge in [0.1, 0.15) is 11.6 Å². The van der Waals surface area contributed by atoms with Crippen LogP contribution in [0.1, 0.15) is 25.6 Å². The summed E-state index contributed by atoms with van der Waals surface area (Å²) < 4.78 is 8.02. The number of aryl methyl sites for hydroxylation is 1. The molecule has 7 nitrogen and oxygen atoms in total. The predicted octanol–water partition coefficient (Wildman–Crippen LogP) is 4.02. The summed E-state index contributed by atoms with van der Waals surface area (Å²) in [6.07, 6.45) is 2.25. The molecule has 0 amide bonds. The first-order chi connectivity index (χ1) is 15.6. The van der Waals surface area contributed by atoms with Crippen molar-refractivity contribution in [1.82, 2.24) is 24.4 Å². The average Bonchev–Trinajstić information content (AvgIpc) is 3.17. The second-order valence-corrected chi connectivity index (χ2v) is 9.20. The molecule has 0 radical (unpaired) electrons. The molecule has 2 aliphatic rings. The van der Waals surface area contributed by atoms with Gasteiger partial charge in [0, 0.05) is 50.8 Å². The molecule has 170 valence electrons. The molecule has 0 bridgehead atoms. The summed E-state index contributed by atoms with van der Waals surface area (Å²) in [5.74, 6) is 3.02. The van der Waals surface area contributed by atoms with Crippen LogP contribution in [-0.2, 0) is 11.3 Å². The van der Waals surface area contributed by atoms with Crippen molar-refractivity contribution in [2.75, 3.05) is 50.8 Å². The molecule has 2 saturated heterocycles. The zero-order valence-electron chi connectivity index (χ0n) is 18.9. The van der Waals surface area contributed by atoms with Gasteiger partial charge in [-0.1, -0.05) is 30.7 Å². The second kappa shape index (κ2) is 9.33. The van der Waals surface area contributed by atoms with E-state index in [9.17, 15) is 0 Å². The lowest BCUT2D eigenvalue weighted by Crippen LogP contribution is -2.46. The number of aromatic nitrogens is 4. The monoisotopic (exact) mass is 454 g/mol. The van der Waals surface area contributed by atoms with E-state index in [1.807, 2.05) is 31.2 Å². The Morgan fingerprint density at radius 2 is 1.91 bits per heavy atom. The maximum atomic E-state index is 6.62. The molecule has 1 unspecified atom stereocenters. The second-order valence-electron chi connectivity index (χ2n) is 8.80. The quantitative estimate of drug-likeness (QED) is 0.580. The van der Waals surface area contributed by atoms with Gasteiger partial charge in [-0.3, -0.25) is 0 Å². The molecule has 4 heterocycles. The molecular formula is C24H31ClN6O. The van der Waals surface area contributed by atoms with Crippen LogP contribution in [-0.4, -0.2) is 70.4 Å². The van der Waals surface area contributed by atoms with Crippen LogP contribution in [0.25, 0.3) is 22.6 Å². The summed E-state index contributed by atoms with van der Waals surface area (Å²) >= 11 is 6.62. The van der Waals surface area contributed by atoms with Crippen LogP contribution in [0.15, 0.2) is 24.3 Å². The Bertz CT molecular complexity index is 1090. The summed E-state index contributed by atoms with van der Waals surface area (Å²) in [6, 6.07) is 7.93. The van der Waals surface area contributed by atoms with Crippen LogP contribution in [0.5, 0.6) is 0 Å². The minimum atomic E-state index is 0.439. The highest BCUT2D eigenvalue weighted by atomic mass is 35.5. The highest BCUT2D eigenvalue weighted by Gasteiger charge is 2.26. The molecule has 8 heteroatoms. The van der Waals surface area contributed by atoms with Crippen molar-refractivity contribution in [3.8, 4) is 11.4 Å². The predicted molar refractivity (Wildman–Crippen MR) is 128 cm³/mol. The van der Waals surface area contributed by atoms with Gasteiger partial charge in [-0.15, -0.1) is 0 Å². The lowest BCUT2D eigenvalue weighted by Gasteiger charge is -2.34. The van der Waals surface area contributed by atoms with E-state index in [0.29, 0.717) is 10.9 Å². The van der Waals surface area contributed by atoms with Crippen molar-refractivity contribution in [3.05, 3.63) is 35.1 Å². The number of halogens is 1. The maximum Gasteiger partial charge on any atom is 0.166 e. The highest BCUT2D eigenvalue weighted by Crippen LogP contribution is 2.34. The van der Waals surface area contributed by atoms with Crippen LogP contribution < -0.4 is 4.90 Å². The lowest BCUT2D eigenvalue weighted by molar-refractivity contribution is 0.0489. The molecule has 2 aromatic heterocycles. The third kappa shape index (κ3) is 4.21. The van der Waals surface area contributed by atoms with E-state index >= 15 is 0 Å². The minimum Gasteiger partial charge on any atom is -0.381 e. The molecule has 1 atom stereocenters. The number of imidazole rings is 1. The van der Waals surface area contributed by atoms with Crippen molar-refractivity contribution < 1.29 is 4.74 Å². The molecule has 0 spiro atoms. The topological polar surface area (TPSA) is 59.3 Å². The van der Waals surface area contributed by atoms with Gasteiger partial charge in [0.25, 0.3) is 0 Å². The van der Waals surface area contributed by atoms with Gasteiger partial charge in [-0.25, -0.2) is 15.0 Å². The average molecular weight is 455 g/mol. The van der Waals surface area contributed by atoms with E-state index < -0.39 is 0 Å². The molecule has 2 aliphatic heterocycles. The van der Waals surface area contributed by atoms with E-state index in [4.69, 9.17) is 31.3 Å². The zero-order chi connectivity index (χ0) is 22.1. The fourth-order valence-electron chi connectivity index (χ4n) is 4.82. The number of benzene rings is 1. The van der Waals surface area contributed by atoms with E-state index in [1.54, 1.807) is 0 Å². The Morgan fingerprint density at radius 3 is 2.62 bits per heavy atom. The molecule has 0 aliphatic carbocycles. The van der Waals surface area contributed by atoms with Crippen LogP contribution in [0, 0.1) is 12.8 Å². The van der Waals surface area contributed by atoms with E-state index in [2.05, 4.69) is 21.3 Å². The molecule has 0 saturated carbocycles. The van der Waals surface area contributed by atoms with Crippen LogP contribution >= 0.6 is 11.6 Å². The standard InChI is InChI=1S/C24H31ClN6O/c1-3-29-10-12-30(13-11-29)23-21-24(27-17(2)26-23)31(15-18-7-6-14-32-16-18)22(28-21)19-8-4-5-9-20(19)25/h4-5,8-9,18H,3,6-7,10-16H2,1-2H3. The number of hydrogen-bond acceptors (Lipinski definition) is 6. The van der Waals surface area contributed by atoms with E-state index in [1.165, 1.54) is 0 Å². The number of anilines is 1. The Balaban J connectivity index is 1.62. The first kappa shape index (κ1) is 21.6. The normalized spacial score (nSPS) is 20.2. The Kier molecular flexibility index (Phi) is 6.31. The fourth-order valence-corrected chi connectivity index (χ4v) is 5.04. The molecule has 1 aromatic carbocycles. The summed E-state index contributed by atoms with van der Waals surface area (Å²) in [4.78, 5) is 19.7. The van der Waals surface area contributed by atoms with Crippen molar-refractivity contribution >= 4 is 28.6 Å². The van der Waals surface area contributed by atoms with Crippen molar-refractivity contribution in [2.24, 2.45) is 5.92 Å². The Labute approximate surface area is 194 Å². The molecule has 3 aromatic rings. The largest absolute Gasteiger partial charge is 0.381 e. The number of nitrogens with zero attached hydrogens (tertiary/aromatic N) is 6. The number of ether oxygens (including phenoxy) is 1. The van der Waals surface area contributed by atoms with Crippen LogP contribution in [0.4, 0.5) is 5.82 Å². The number of rotatable bonds is 5. The summed E-state index contributed by atoms with van der Waals surface area (Å²) in [7, 11) is 0. The van der Waals surface area contributed by atoms with Gasteiger partial charge < -0.3 is 19.1 Å². The summed E-state index contributed by atoms with van der Waals surface area (Å²) in [5, 5.41) is 0.701. The third-order valence-electron chi connectivity index (χ3n) is 6.62. The molecule has 2 fully saturated rings. The summed E-state index contributed by atoms with van der Waals surface area (Å²) in [6.45, 7) is 11.7. The number of likely N-dealkylation sites (N-methyl/N-ethyl adjacent to an activating group) is 1. The molecule has 32 heavy (non-hydrogen) atoms. The van der Waals surface area contributed by atoms with Gasteiger partial charge in [-0.2, -0.15) is 0 Å². The minimum absolute atomic E-state index is 0.439. The number of fused-ring (bicyclic) bond motifs is 1. The van der Waals surface area contributed by atoms with Crippen LogP contribution in [0.2, 0.25) is 5.02 Å². The smallest absolute Gasteiger partial charge is 0.166 e. The van der Waals surface area contributed by atoms with E-state index in [-0.39, 0.29) is 0 Å². The Hall–Kier alpha value is -2.22. The first-order valence-electron chi connectivity index (χ1n) is 11.7. The lowest BCUT2D eigenvalue weighted by atomic mass is 10.0. The molecule has 0 N–H and O–H groups in total.